The van der Waals surface area contributed by atoms with Crippen molar-refractivity contribution in [3.8, 4) is 11.5 Å². The molecule has 23 heavy (non-hydrogen) atoms. The van der Waals surface area contributed by atoms with E-state index in [-0.39, 0.29) is 0 Å². The predicted octanol–water partition coefficient (Wildman–Crippen LogP) is 4.36. The van der Waals surface area contributed by atoms with Crippen molar-refractivity contribution in [2.45, 2.75) is 5.22 Å². The van der Waals surface area contributed by atoms with Gasteiger partial charge in [-0.2, -0.15) is 0 Å². The van der Waals surface area contributed by atoms with E-state index in [1.54, 1.807) is 24.3 Å². The Labute approximate surface area is 142 Å². The minimum absolute atomic E-state index is 0.397. The normalized spacial score (nSPS) is 11.6. The lowest BCUT2D eigenvalue weighted by molar-refractivity contribution is 0.319. The maximum Gasteiger partial charge on any atom is 0.277 e. The summed E-state index contributed by atoms with van der Waals surface area (Å²) in [6, 6.07) is 16.6. The molecule has 1 aromatic heterocycles. The fourth-order valence-electron chi connectivity index (χ4n) is 1.91. The van der Waals surface area contributed by atoms with Crippen molar-refractivity contribution in [3.05, 3.63) is 65.2 Å². The van der Waals surface area contributed by atoms with Gasteiger partial charge in [-0.3, -0.25) is 0 Å². The molecule has 0 spiro atoms. The van der Waals surface area contributed by atoms with Crippen LogP contribution >= 0.6 is 23.4 Å². The van der Waals surface area contributed by atoms with Gasteiger partial charge in [0.2, 0.25) is 5.89 Å². The van der Waals surface area contributed by atoms with E-state index in [0.29, 0.717) is 27.6 Å². The van der Waals surface area contributed by atoms with Crippen LogP contribution in [0, 0.1) is 0 Å². The average Bonchev–Trinajstić information content (AvgIpc) is 3.07. The number of hydrogen-bond acceptors (Lipinski definition) is 6. The molecule has 0 aliphatic heterocycles. The van der Waals surface area contributed by atoms with E-state index in [1.165, 1.54) is 11.8 Å². The van der Waals surface area contributed by atoms with E-state index < -0.39 is 0 Å². The number of nitrogens with zero attached hydrogens (tertiary/aromatic N) is 3. The molecule has 116 valence electrons. The SMILES string of the molecule is O/N=C(\CSc1nnc(-c2ccccc2)o1)c1ccc(Cl)cc1. The van der Waals surface area contributed by atoms with Crippen molar-refractivity contribution in [1.29, 1.82) is 0 Å². The lowest BCUT2D eigenvalue weighted by atomic mass is 10.1. The molecule has 0 amide bonds. The highest BCUT2D eigenvalue weighted by Crippen LogP contribution is 2.24. The Morgan fingerprint density at radius 2 is 1.83 bits per heavy atom. The number of aromatic nitrogens is 2. The molecule has 3 aromatic rings. The molecule has 0 saturated carbocycles. The molecule has 0 aliphatic carbocycles. The lowest BCUT2D eigenvalue weighted by Crippen LogP contribution is -2.04. The zero-order chi connectivity index (χ0) is 16.1. The van der Waals surface area contributed by atoms with Crippen molar-refractivity contribution in [2.75, 3.05) is 5.75 Å². The second-order valence-corrected chi connectivity index (χ2v) is 5.94. The topological polar surface area (TPSA) is 71.5 Å². The Bertz CT molecular complexity index is 804. The second kappa shape index (κ2) is 7.30. The van der Waals surface area contributed by atoms with E-state index in [0.717, 1.165) is 11.1 Å². The molecule has 0 bridgehead atoms. The fourth-order valence-corrected chi connectivity index (χ4v) is 2.75. The molecule has 0 aliphatic rings. The summed E-state index contributed by atoms with van der Waals surface area (Å²) in [6.45, 7) is 0. The summed E-state index contributed by atoms with van der Waals surface area (Å²) in [5, 5.41) is 21.6. The third kappa shape index (κ3) is 3.91. The largest absolute Gasteiger partial charge is 0.411 e. The number of oxime groups is 1. The van der Waals surface area contributed by atoms with Crippen LogP contribution in [-0.4, -0.2) is 26.9 Å². The molecule has 2 aromatic carbocycles. The number of hydrogen-bond donors (Lipinski definition) is 1. The highest BCUT2D eigenvalue weighted by Gasteiger charge is 2.11. The van der Waals surface area contributed by atoms with Crippen molar-refractivity contribution in [1.82, 2.24) is 10.2 Å². The maximum atomic E-state index is 9.18. The number of thioether (sulfide) groups is 1. The predicted molar refractivity (Wildman–Crippen MR) is 90.2 cm³/mol. The van der Waals surface area contributed by atoms with Gasteiger partial charge in [-0.15, -0.1) is 10.2 Å². The maximum absolute atomic E-state index is 9.18. The van der Waals surface area contributed by atoms with E-state index >= 15 is 0 Å². The Kier molecular flexibility index (Phi) is 4.95. The van der Waals surface area contributed by atoms with E-state index in [1.807, 2.05) is 30.3 Å². The standard InChI is InChI=1S/C16H12ClN3O2S/c17-13-8-6-11(7-9-13)14(20-21)10-23-16-19-18-15(22-16)12-4-2-1-3-5-12/h1-9,21H,10H2/b20-14+. The van der Waals surface area contributed by atoms with Gasteiger partial charge in [0.05, 0.1) is 5.71 Å². The molecule has 0 atom stereocenters. The second-order valence-electron chi connectivity index (χ2n) is 4.58. The lowest BCUT2D eigenvalue weighted by Gasteiger charge is -2.02. The van der Waals surface area contributed by atoms with Crippen molar-refractivity contribution >= 4 is 29.1 Å². The van der Waals surface area contributed by atoms with Crippen LogP contribution in [0.25, 0.3) is 11.5 Å². The third-order valence-corrected chi connectivity index (χ3v) is 4.14. The fraction of sp³-hybridized carbons (Fsp3) is 0.0625. The Morgan fingerprint density at radius 3 is 2.52 bits per heavy atom. The highest BCUT2D eigenvalue weighted by atomic mass is 35.5. The van der Waals surface area contributed by atoms with Gasteiger partial charge in [0, 0.05) is 21.9 Å². The van der Waals surface area contributed by atoms with Gasteiger partial charge in [-0.05, 0) is 24.3 Å². The van der Waals surface area contributed by atoms with Crippen LogP contribution in [0.5, 0.6) is 0 Å². The van der Waals surface area contributed by atoms with Gasteiger partial charge >= 0.3 is 0 Å². The van der Waals surface area contributed by atoms with Gasteiger partial charge in [-0.25, -0.2) is 0 Å². The first-order valence-corrected chi connectivity index (χ1v) is 8.11. The average molecular weight is 346 g/mol. The minimum atomic E-state index is 0.397. The summed E-state index contributed by atoms with van der Waals surface area (Å²) in [5.74, 6) is 0.858. The van der Waals surface area contributed by atoms with Crippen LogP contribution in [0.15, 0.2) is 69.4 Å². The molecule has 7 heteroatoms. The Balaban J connectivity index is 1.68. The number of halogens is 1. The van der Waals surface area contributed by atoms with E-state index in [2.05, 4.69) is 15.4 Å². The first kappa shape index (κ1) is 15.6. The van der Waals surface area contributed by atoms with E-state index in [9.17, 15) is 5.21 Å². The summed E-state index contributed by atoms with van der Waals surface area (Å²) in [5.41, 5.74) is 2.15. The summed E-state index contributed by atoms with van der Waals surface area (Å²) < 4.78 is 5.60. The van der Waals surface area contributed by atoms with Gasteiger partial charge in [0.1, 0.15) is 0 Å². The molecule has 0 unspecified atom stereocenters. The molecule has 1 heterocycles. The smallest absolute Gasteiger partial charge is 0.277 e. The van der Waals surface area contributed by atoms with Crippen LogP contribution in [0.2, 0.25) is 5.02 Å². The van der Waals surface area contributed by atoms with E-state index in [4.69, 9.17) is 16.0 Å². The van der Waals surface area contributed by atoms with Crippen LogP contribution < -0.4 is 0 Å². The Morgan fingerprint density at radius 1 is 1.09 bits per heavy atom. The van der Waals surface area contributed by atoms with Gasteiger partial charge in [0.15, 0.2) is 0 Å². The van der Waals surface area contributed by atoms with Crippen molar-refractivity contribution in [2.24, 2.45) is 5.16 Å². The zero-order valence-electron chi connectivity index (χ0n) is 11.9. The molecular weight excluding hydrogens is 334 g/mol. The Hall–Kier alpha value is -2.31. The summed E-state index contributed by atoms with van der Waals surface area (Å²) in [7, 11) is 0. The molecule has 0 radical (unpaired) electrons. The van der Waals surface area contributed by atoms with Crippen molar-refractivity contribution < 1.29 is 9.62 Å². The highest BCUT2D eigenvalue weighted by molar-refractivity contribution is 7.99. The van der Waals surface area contributed by atoms with Crippen LogP contribution in [0.4, 0.5) is 0 Å². The van der Waals surface area contributed by atoms with Crippen LogP contribution in [-0.2, 0) is 0 Å². The molecular formula is C16H12ClN3O2S. The van der Waals surface area contributed by atoms with Crippen LogP contribution in [0.1, 0.15) is 5.56 Å². The first-order chi connectivity index (χ1) is 11.3. The molecule has 5 nitrogen and oxygen atoms in total. The number of benzene rings is 2. The summed E-state index contributed by atoms with van der Waals surface area (Å²) in [4.78, 5) is 0. The summed E-state index contributed by atoms with van der Waals surface area (Å²) >= 11 is 7.16. The molecule has 3 rings (SSSR count). The molecule has 1 N–H and O–H groups in total. The van der Waals surface area contributed by atoms with Gasteiger partial charge in [-0.1, -0.05) is 58.9 Å². The van der Waals surface area contributed by atoms with Crippen molar-refractivity contribution in [3.63, 3.8) is 0 Å². The third-order valence-electron chi connectivity index (χ3n) is 3.06. The zero-order valence-corrected chi connectivity index (χ0v) is 13.5. The van der Waals surface area contributed by atoms with Gasteiger partial charge < -0.3 is 9.62 Å². The number of rotatable bonds is 5. The molecule has 0 saturated heterocycles. The summed E-state index contributed by atoms with van der Waals surface area (Å²) in [6.07, 6.45) is 0. The first-order valence-electron chi connectivity index (χ1n) is 6.75. The monoisotopic (exact) mass is 345 g/mol. The van der Waals surface area contributed by atoms with Crippen LogP contribution in [0.3, 0.4) is 0 Å². The van der Waals surface area contributed by atoms with Gasteiger partial charge in [0.25, 0.3) is 5.22 Å². The minimum Gasteiger partial charge on any atom is -0.411 e. The molecule has 0 fully saturated rings. The quantitative estimate of drug-likeness (QED) is 0.322.